The fourth-order valence-corrected chi connectivity index (χ4v) is 2.86. The Labute approximate surface area is 92.9 Å². The van der Waals surface area contributed by atoms with Crippen molar-refractivity contribution in [2.24, 2.45) is 0 Å². The lowest BCUT2D eigenvalue weighted by molar-refractivity contribution is -0.135. The van der Waals surface area contributed by atoms with Gasteiger partial charge in [-0.25, -0.2) is 0 Å². The topological polar surface area (TPSA) is 26.3 Å². The van der Waals surface area contributed by atoms with E-state index in [1.165, 1.54) is 6.07 Å². The molecule has 0 bridgehead atoms. The van der Waals surface area contributed by atoms with Gasteiger partial charge in [0, 0.05) is 0 Å². The highest BCUT2D eigenvalue weighted by atomic mass is 32.2. The minimum atomic E-state index is -4.49. The van der Waals surface area contributed by atoms with Crippen LogP contribution in [0.5, 0.6) is 5.75 Å². The van der Waals surface area contributed by atoms with E-state index in [-0.39, 0.29) is 10.6 Å². The standard InChI is InChI=1S/C10H9F3O2S/c1-6-2-3-7-8(4-6)16(14)9(5-15-7)10(11,12)13/h2-4,9H,5H2,1H3/t9-,16-/m0/s1. The van der Waals surface area contributed by atoms with Gasteiger partial charge in [0.25, 0.3) is 0 Å². The van der Waals surface area contributed by atoms with Crippen LogP contribution in [-0.2, 0) is 10.8 Å². The lowest BCUT2D eigenvalue weighted by Crippen LogP contribution is -2.41. The summed E-state index contributed by atoms with van der Waals surface area (Å²) in [5.74, 6) is 0.282. The first-order valence-corrected chi connectivity index (χ1v) is 5.81. The van der Waals surface area contributed by atoms with Gasteiger partial charge in [-0.3, -0.25) is 4.21 Å². The van der Waals surface area contributed by atoms with Crippen LogP contribution >= 0.6 is 0 Å². The molecule has 0 unspecified atom stereocenters. The van der Waals surface area contributed by atoms with Gasteiger partial charge in [-0.15, -0.1) is 0 Å². The van der Waals surface area contributed by atoms with Gasteiger partial charge in [-0.1, -0.05) is 6.07 Å². The first-order chi connectivity index (χ1) is 7.39. The maximum absolute atomic E-state index is 12.5. The maximum Gasteiger partial charge on any atom is 0.406 e. The van der Waals surface area contributed by atoms with Crippen LogP contribution in [0.4, 0.5) is 13.2 Å². The lowest BCUT2D eigenvalue weighted by atomic mass is 10.2. The highest BCUT2D eigenvalue weighted by Gasteiger charge is 2.47. The predicted octanol–water partition coefficient (Wildman–Crippen LogP) is 2.43. The summed E-state index contributed by atoms with van der Waals surface area (Å²) < 4.78 is 54.2. The van der Waals surface area contributed by atoms with Gasteiger partial charge in [-0.2, -0.15) is 13.2 Å². The highest BCUT2D eigenvalue weighted by Crippen LogP contribution is 2.36. The molecule has 0 saturated heterocycles. The third kappa shape index (κ3) is 1.93. The fraction of sp³-hybridized carbons (Fsp3) is 0.400. The Balaban J connectivity index is 2.42. The van der Waals surface area contributed by atoms with Gasteiger partial charge >= 0.3 is 6.18 Å². The second kappa shape index (κ2) is 3.76. The van der Waals surface area contributed by atoms with E-state index >= 15 is 0 Å². The predicted molar refractivity (Wildman–Crippen MR) is 52.9 cm³/mol. The molecule has 2 atom stereocenters. The lowest BCUT2D eigenvalue weighted by Gasteiger charge is -2.26. The second-order valence-corrected chi connectivity index (χ2v) is 5.19. The third-order valence-electron chi connectivity index (χ3n) is 2.33. The van der Waals surface area contributed by atoms with Gasteiger partial charge in [0.15, 0.2) is 5.25 Å². The smallest absolute Gasteiger partial charge is 0.406 e. The van der Waals surface area contributed by atoms with E-state index in [0.717, 1.165) is 5.56 Å². The number of hydrogen-bond donors (Lipinski definition) is 0. The molecule has 6 heteroatoms. The van der Waals surface area contributed by atoms with Crippen LogP contribution in [0.15, 0.2) is 23.1 Å². The van der Waals surface area contributed by atoms with Crippen molar-refractivity contribution < 1.29 is 22.1 Å². The molecule has 1 aromatic rings. The van der Waals surface area contributed by atoms with Crippen molar-refractivity contribution in [2.45, 2.75) is 23.2 Å². The van der Waals surface area contributed by atoms with Gasteiger partial charge in [0.1, 0.15) is 12.4 Å². The van der Waals surface area contributed by atoms with Crippen molar-refractivity contribution in [3.63, 3.8) is 0 Å². The molecule has 0 N–H and O–H groups in total. The zero-order valence-electron chi connectivity index (χ0n) is 8.38. The van der Waals surface area contributed by atoms with Crippen molar-refractivity contribution >= 4 is 10.8 Å². The van der Waals surface area contributed by atoms with E-state index in [4.69, 9.17) is 4.74 Å². The van der Waals surface area contributed by atoms with Gasteiger partial charge in [-0.05, 0) is 24.6 Å². The molecule has 0 amide bonds. The summed E-state index contributed by atoms with van der Waals surface area (Å²) in [5, 5.41) is -1.93. The SMILES string of the molecule is Cc1ccc2c(c1)[S@](=O)[C@H](C(F)(F)F)CO2. The summed E-state index contributed by atoms with van der Waals surface area (Å²) in [6.07, 6.45) is -4.49. The summed E-state index contributed by atoms with van der Waals surface area (Å²) in [5.41, 5.74) is 0.763. The quantitative estimate of drug-likeness (QED) is 0.707. The minimum Gasteiger partial charge on any atom is -0.491 e. The Morgan fingerprint density at radius 1 is 1.44 bits per heavy atom. The van der Waals surface area contributed by atoms with Crippen LogP contribution in [0.2, 0.25) is 0 Å². The molecule has 0 spiro atoms. The molecular weight excluding hydrogens is 241 g/mol. The van der Waals surface area contributed by atoms with Crippen molar-refractivity contribution in [3.8, 4) is 5.75 Å². The number of aryl methyl sites for hydroxylation is 1. The van der Waals surface area contributed by atoms with Gasteiger partial charge in [0.2, 0.25) is 0 Å². The second-order valence-electron chi connectivity index (χ2n) is 3.59. The minimum absolute atomic E-state index is 0.133. The first-order valence-electron chi connectivity index (χ1n) is 4.60. The van der Waals surface area contributed by atoms with E-state index in [1.807, 2.05) is 0 Å². The Kier molecular flexibility index (Phi) is 2.69. The first kappa shape index (κ1) is 11.4. The van der Waals surface area contributed by atoms with E-state index < -0.39 is 28.8 Å². The van der Waals surface area contributed by atoms with Crippen molar-refractivity contribution in [2.75, 3.05) is 6.61 Å². The molecule has 2 nitrogen and oxygen atoms in total. The van der Waals surface area contributed by atoms with E-state index in [1.54, 1.807) is 19.1 Å². The summed E-state index contributed by atoms with van der Waals surface area (Å²) in [6, 6.07) is 4.74. The van der Waals surface area contributed by atoms with Gasteiger partial charge < -0.3 is 4.74 Å². The number of hydrogen-bond acceptors (Lipinski definition) is 2. The molecule has 0 saturated carbocycles. The molecule has 0 radical (unpaired) electrons. The third-order valence-corrected chi connectivity index (χ3v) is 4.00. The van der Waals surface area contributed by atoms with Crippen LogP contribution in [0.25, 0.3) is 0 Å². The van der Waals surface area contributed by atoms with Crippen LogP contribution in [0, 0.1) is 6.92 Å². The molecule has 0 fully saturated rings. The Morgan fingerprint density at radius 3 is 2.75 bits per heavy atom. The van der Waals surface area contributed by atoms with Gasteiger partial charge in [0.05, 0.1) is 15.7 Å². The zero-order chi connectivity index (χ0) is 11.9. The molecule has 1 aliphatic rings. The molecule has 2 rings (SSSR count). The highest BCUT2D eigenvalue weighted by molar-refractivity contribution is 7.86. The largest absolute Gasteiger partial charge is 0.491 e. The Hall–Kier alpha value is -1.04. The molecule has 1 aliphatic heterocycles. The normalized spacial score (nSPS) is 24.8. The average molecular weight is 250 g/mol. The molecule has 1 heterocycles. The van der Waals surface area contributed by atoms with Crippen molar-refractivity contribution in [1.82, 2.24) is 0 Å². The molecule has 0 aromatic heterocycles. The van der Waals surface area contributed by atoms with E-state index in [2.05, 4.69) is 0 Å². The molecular formula is C10H9F3O2S. The monoisotopic (exact) mass is 250 g/mol. The van der Waals surface area contributed by atoms with Crippen molar-refractivity contribution in [1.29, 1.82) is 0 Å². The van der Waals surface area contributed by atoms with E-state index in [9.17, 15) is 17.4 Å². The number of ether oxygens (including phenoxy) is 1. The van der Waals surface area contributed by atoms with Crippen LogP contribution < -0.4 is 4.74 Å². The number of halogens is 3. The molecule has 88 valence electrons. The molecule has 0 aliphatic carbocycles. The zero-order valence-corrected chi connectivity index (χ0v) is 9.19. The molecule has 1 aromatic carbocycles. The number of alkyl halides is 3. The summed E-state index contributed by atoms with van der Waals surface area (Å²) in [7, 11) is -2.08. The average Bonchev–Trinajstić information content (AvgIpc) is 2.17. The number of benzene rings is 1. The van der Waals surface area contributed by atoms with E-state index in [0.29, 0.717) is 0 Å². The Morgan fingerprint density at radius 2 is 2.12 bits per heavy atom. The van der Waals surface area contributed by atoms with Crippen LogP contribution in [-0.4, -0.2) is 22.2 Å². The van der Waals surface area contributed by atoms with Crippen molar-refractivity contribution in [3.05, 3.63) is 23.8 Å². The molecule has 16 heavy (non-hydrogen) atoms. The fourth-order valence-electron chi connectivity index (χ4n) is 1.49. The summed E-state index contributed by atoms with van der Waals surface area (Å²) in [6.45, 7) is 1.15. The Bertz CT molecular complexity index is 442. The summed E-state index contributed by atoms with van der Waals surface area (Å²) >= 11 is 0. The number of fused-ring (bicyclic) bond motifs is 1. The van der Waals surface area contributed by atoms with Crippen LogP contribution in [0.1, 0.15) is 5.56 Å². The van der Waals surface area contributed by atoms with Crippen LogP contribution in [0.3, 0.4) is 0 Å². The maximum atomic E-state index is 12.5. The summed E-state index contributed by atoms with van der Waals surface area (Å²) in [4.78, 5) is 0.133. The number of rotatable bonds is 0.